The van der Waals surface area contributed by atoms with E-state index in [9.17, 15) is 12.9 Å². The quantitative estimate of drug-likeness (QED) is 0.673. The molecule has 5 heteroatoms. The number of nitrogens with zero attached hydrogens (tertiary/aromatic N) is 1. The molecule has 2 unspecified atom stereocenters. The van der Waals surface area contributed by atoms with Gasteiger partial charge >= 0.3 is 6.98 Å². The molecule has 16 heavy (non-hydrogen) atoms. The molecule has 1 rings (SSSR count). The zero-order chi connectivity index (χ0) is 12.3. The van der Waals surface area contributed by atoms with Gasteiger partial charge in [0.05, 0.1) is 0 Å². The summed E-state index contributed by atoms with van der Waals surface area (Å²) in [5.41, 5.74) is -0.583. The van der Waals surface area contributed by atoms with Gasteiger partial charge in [-0.25, -0.2) is 0 Å². The minimum absolute atomic E-state index is 0.0431. The zero-order valence-corrected chi connectivity index (χ0v) is 10.1. The number of rotatable bonds is 4. The van der Waals surface area contributed by atoms with Crippen LogP contribution < -0.4 is 0 Å². The van der Waals surface area contributed by atoms with Crippen LogP contribution in [0.3, 0.4) is 0 Å². The summed E-state index contributed by atoms with van der Waals surface area (Å²) in [6.07, 6.45) is 4.47. The third kappa shape index (κ3) is 3.54. The van der Waals surface area contributed by atoms with Crippen LogP contribution in [0.25, 0.3) is 0 Å². The Morgan fingerprint density at radius 1 is 1.31 bits per heavy atom. The second kappa shape index (κ2) is 5.26. The van der Waals surface area contributed by atoms with Gasteiger partial charge in [0.1, 0.15) is 0 Å². The molecule has 0 N–H and O–H groups in total. The Labute approximate surface area is 95.8 Å². The van der Waals surface area contributed by atoms with Crippen LogP contribution >= 0.6 is 0 Å². The molecule has 94 valence electrons. The standard InChI is InChI=1S/C11H20BF3N/c1-9-6-4-5-7-11(9)16(3)8-10(2)12(13,14)15/h9,11H,2,4-8H2,1,3H3/q-1. The van der Waals surface area contributed by atoms with Crippen molar-refractivity contribution in [3.05, 3.63) is 12.1 Å². The monoisotopic (exact) mass is 234 g/mol. The predicted octanol–water partition coefficient (Wildman–Crippen LogP) is 3.44. The largest absolute Gasteiger partial charge is 0.506 e. The lowest BCUT2D eigenvalue weighted by Gasteiger charge is -2.38. The van der Waals surface area contributed by atoms with Crippen LogP contribution in [-0.4, -0.2) is 31.5 Å². The van der Waals surface area contributed by atoms with Crippen LogP contribution in [0.15, 0.2) is 12.1 Å². The Kier molecular flexibility index (Phi) is 4.47. The minimum Gasteiger partial charge on any atom is -0.445 e. The SMILES string of the molecule is C=C(CN(C)C1CCCCC1C)[B-](F)(F)F. The van der Waals surface area contributed by atoms with E-state index in [4.69, 9.17) is 0 Å². The molecule has 1 aliphatic rings. The first-order valence-electron chi connectivity index (χ1n) is 5.90. The lowest BCUT2D eigenvalue weighted by atomic mass is 9.79. The smallest absolute Gasteiger partial charge is 0.445 e. The topological polar surface area (TPSA) is 3.24 Å². The maximum absolute atomic E-state index is 12.4. The van der Waals surface area contributed by atoms with Crippen LogP contribution in [-0.2, 0) is 0 Å². The van der Waals surface area contributed by atoms with E-state index in [0.29, 0.717) is 5.92 Å². The van der Waals surface area contributed by atoms with Crippen molar-refractivity contribution in [1.29, 1.82) is 0 Å². The van der Waals surface area contributed by atoms with Gasteiger partial charge in [0.2, 0.25) is 0 Å². The Morgan fingerprint density at radius 3 is 2.38 bits per heavy atom. The lowest BCUT2D eigenvalue weighted by molar-refractivity contribution is 0.150. The average Bonchev–Trinajstić information content (AvgIpc) is 2.16. The van der Waals surface area contributed by atoms with Gasteiger partial charge in [-0.05, 0) is 32.4 Å². The lowest BCUT2D eigenvalue weighted by Crippen LogP contribution is -2.42. The van der Waals surface area contributed by atoms with Crippen LogP contribution in [0.2, 0.25) is 0 Å². The van der Waals surface area contributed by atoms with Crippen LogP contribution in [0, 0.1) is 5.92 Å². The molecule has 0 heterocycles. The third-order valence-corrected chi connectivity index (χ3v) is 3.55. The molecule has 1 aliphatic carbocycles. The summed E-state index contributed by atoms with van der Waals surface area (Å²) in [4.78, 5) is 1.82. The van der Waals surface area contributed by atoms with E-state index >= 15 is 0 Å². The molecule has 0 bridgehead atoms. The fourth-order valence-corrected chi connectivity index (χ4v) is 2.49. The molecule has 1 fully saturated rings. The molecular formula is C11H20BF3N-. The molecule has 0 aromatic heterocycles. The van der Waals surface area contributed by atoms with Crippen molar-refractivity contribution in [2.24, 2.45) is 5.92 Å². The van der Waals surface area contributed by atoms with E-state index in [1.165, 1.54) is 6.42 Å². The van der Waals surface area contributed by atoms with Crippen molar-refractivity contribution >= 4 is 6.98 Å². The molecule has 0 saturated heterocycles. The summed E-state index contributed by atoms with van der Waals surface area (Å²) in [6.45, 7) is 0.349. The molecule has 0 aromatic carbocycles. The van der Waals surface area contributed by atoms with Gasteiger partial charge < -0.3 is 17.8 Å². The van der Waals surface area contributed by atoms with Gasteiger partial charge in [-0.3, -0.25) is 0 Å². The van der Waals surface area contributed by atoms with E-state index in [2.05, 4.69) is 13.5 Å². The number of hydrogen-bond donors (Lipinski definition) is 0. The summed E-state index contributed by atoms with van der Waals surface area (Å²) in [5, 5.41) is 0. The Bertz CT molecular complexity index is 252. The fraction of sp³-hybridized carbons (Fsp3) is 0.818. The Balaban J connectivity index is 2.51. The van der Waals surface area contributed by atoms with Gasteiger partial charge in [0.15, 0.2) is 0 Å². The normalized spacial score (nSPS) is 27.1. The number of hydrogen-bond acceptors (Lipinski definition) is 1. The Morgan fingerprint density at radius 2 is 1.88 bits per heavy atom. The molecule has 0 spiro atoms. The number of likely N-dealkylation sites (N-methyl/N-ethyl adjacent to an activating group) is 1. The van der Waals surface area contributed by atoms with E-state index < -0.39 is 12.4 Å². The highest BCUT2D eigenvalue weighted by atomic mass is 19.4. The number of halogens is 3. The second-order valence-corrected chi connectivity index (χ2v) is 4.98. The fourth-order valence-electron chi connectivity index (χ4n) is 2.49. The van der Waals surface area contributed by atoms with Crippen LogP contribution in [0.1, 0.15) is 32.6 Å². The zero-order valence-electron chi connectivity index (χ0n) is 10.1. The summed E-state index contributed by atoms with van der Waals surface area (Å²) in [5.74, 6) is 0.493. The second-order valence-electron chi connectivity index (χ2n) is 4.98. The predicted molar refractivity (Wildman–Crippen MR) is 62.3 cm³/mol. The van der Waals surface area contributed by atoms with E-state index in [0.717, 1.165) is 19.3 Å². The van der Waals surface area contributed by atoms with Crippen molar-refractivity contribution in [2.75, 3.05) is 13.6 Å². The molecule has 2 atom stereocenters. The highest BCUT2D eigenvalue weighted by molar-refractivity contribution is 6.66. The molecule has 0 aliphatic heterocycles. The van der Waals surface area contributed by atoms with Crippen molar-refractivity contribution in [2.45, 2.75) is 38.6 Å². The molecule has 1 saturated carbocycles. The molecular weight excluding hydrogens is 214 g/mol. The van der Waals surface area contributed by atoms with Crippen molar-refractivity contribution in [3.63, 3.8) is 0 Å². The summed E-state index contributed by atoms with van der Waals surface area (Å²) >= 11 is 0. The maximum atomic E-state index is 12.4. The van der Waals surface area contributed by atoms with Gasteiger partial charge in [-0.1, -0.05) is 19.8 Å². The molecule has 1 nitrogen and oxygen atoms in total. The summed E-state index contributed by atoms with van der Waals surface area (Å²) in [7, 11) is 1.78. The van der Waals surface area contributed by atoms with Gasteiger partial charge in [-0.15, -0.1) is 12.1 Å². The molecule has 0 amide bonds. The van der Waals surface area contributed by atoms with E-state index in [-0.39, 0.29) is 12.6 Å². The Hall–Kier alpha value is -0.445. The maximum Gasteiger partial charge on any atom is 0.506 e. The van der Waals surface area contributed by atoms with Gasteiger partial charge in [0.25, 0.3) is 0 Å². The van der Waals surface area contributed by atoms with Gasteiger partial charge in [-0.2, -0.15) is 0 Å². The summed E-state index contributed by atoms with van der Waals surface area (Å²) < 4.78 is 37.2. The van der Waals surface area contributed by atoms with E-state index in [1.54, 1.807) is 7.05 Å². The first-order chi connectivity index (χ1) is 7.32. The van der Waals surface area contributed by atoms with Gasteiger partial charge in [0, 0.05) is 6.04 Å². The highest BCUT2D eigenvalue weighted by Crippen LogP contribution is 2.28. The highest BCUT2D eigenvalue weighted by Gasteiger charge is 2.30. The molecule has 0 radical (unpaired) electrons. The van der Waals surface area contributed by atoms with Crippen LogP contribution in [0.4, 0.5) is 12.9 Å². The van der Waals surface area contributed by atoms with Crippen molar-refractivity contribution in [1.82, 2.24) is 4.90 Å². The first kappa shape index (κ1) is 13.6. The van der Waals surface area contributed by atoms with E-state index in [1.807, 2.05) is 4.90 Å². The third-order valence-electron chi connectivity index (χ3n) is 3.55. The van der Waals surface area contributed by atoms with Crippen molar-refractivity contribution in [3.8, 4) is 0 Å². The minimum atomic E-state index is -4.88. The molecule has 0 aromatic rings. The average molecular weight is 234 g/mol. The van der Waals surface area contributed by atoms with Crippen LogP contribution in [0.5, 0.6) is 0 Å². The first-order valence-corrected chi connectivity index (χ1v) is 5.90. The van der Waals surface area contributed by atoms with Crippen molar-refractivity contribution < 1.29 is 12.9 Å². The summed E-state index contributed by atoms with van der Waals surface area (Å²) in [6, 6.07) is 0.281.